The van der Waals surface area contributed by atoms with E-state index in [1.165, 1.54) is 0 Å². The molecule has 1 aliphatic carbocycles. The maximum atomic E-state index is 13.2. The summed E-state index contributed by atoms with van der Waals surface area (Å²) in [5.74, 6) is 0.525. The number of benzene rings is 2. The van der Waals surface area contributed by atoms with Crippen molar-refractivity contribution in [3.63, 3.8) is 0 Å². The molecule has 1 amide bonds. The second kappa shape index (κ2) is 6.68. The number of carbonyl (C=O) groups is 1. The van der Waals surface area contributed by atoms with Crippen LogP contribution in [0.5, 0.6) is 0 Å². The summed E-state index contributed by atoms with van der Waals surface area (Å²) >= 11 is 1.62. The van der Waals surface area contributed by atoms with E-state index in [1.807, 2.05) is 60.4 Å². The Bertz CT molecular complexity index is 1030. The molecule has 2 fully saturated rings. The van der Waals surface area contributed by atoms with Crippen LogP contribution in [0.1, 0.15) is 40.2 Å². The van der Waals surface area contributed by atoms with Crippen LogP contribution in [0.25, 0.3) is 10.2 Å². The van der Waals surface area contributed by atoms with Gasteiger partial charge in [0.05, 0.1) is 20.8 Å². The first-order valence-corrected chi connectivity index (χ1v) is 10.8. The minimum Gasteiger partial charge on any atom is -0.385 e. The van der Waals surface area contributed by atoms with Crippen molar-refractivity contribution in [3.8, 4) is 0 Å². The topological polar surface area (TPSA) is 53.4 Å². The predicted molar refractivity (Wildman–Crippen MR) is 111 cm³/mol. The minimum absolute atomic E-state index is 0.0674. The van der Waals surface area contributed by atoms with Gasteiger partial charge in [0.2, 0.25) is 0 Å². The molecule has 0 bridgehead atoms. The molecule has 3 aromatic rings. The maximum Gasteiger partial charge on any atom is 0.253 e. The highest BCUT2D eigenvalue weighted by atomic mass is 32.1. The second-order valence-corrected chi connectivity index (χ2v) is 9.41. The van der Waals surface area contributed by atoms with Gasteiger partial charge in [0.25, 0.3) is 5.91 Å². The van der Waals surface area contributed by atoms with Crippen molar-refractivity contribution < 1.29 is 9.90 Å². The first-order chi connectivity index (χ1) is 13.5. The zero-order valence-electron chi connectivity index (χ0n) is 16.0. The quantitative estimate of drug-likeness (QED) is 0.705. The van der Waals surface area contributed by atoms with E-state index in [2.05, 4.69) is 4.98 Å². The van der Waals surface area contributed by atoms with Crippen molar-refractivity contribution in [2.24, 2.45) is 11.8 Å². The molecule has 0 radical (unpaired) electrons. The van der Waals surface area contributed by atoms with Gasteiger partial charge in [-0.2, -0.15) is 0 Å². The molecule has 144 valence electrons. The van der Waals surface area contributed by atoms with Gasteiger partial charge >= 0.3 is 0 Å². The van der Waals surface area contributed by atoms with Crippen LogP contribution in [0.4, 0.5) is 0 Å². The predicted octanol–water partition coefficient (Wildman–Crippen LogP) is 4.36. The van der Waals surface area contributed by atoms with E-state index in [9.17, 15) is 9.90 Å². The molecule has 2 heterocycles. The van der Waals surface area contributed by atoms with Crippen LogP contribution in [0.3, 0.4) is 0 Å². The number of fused-ring (bicyclic) bond motifs is 2. The molecule has 1 aliphatic heterocycles. The molecule has 3 atom stereocenters. The summed E-state index contributed by atoms with van der Waals surface area (Å²) in [4.78, 5) is 19.6. The average Bonchev–Trinajstić information content (AvgIpc) is 3.31. The first-order valence-electron chi connectivity index (χ1n) is 9.99. The molecule has 0 unspecified atom stereocenters. The number of aliphatic hydroxyl groups is 1. The number of nitrogens with zero attached hydrogens (tertiary/aromatic N) is 2. The molecular weight excluding hydrogens is 368 g/mol. The monoisotopic (exact) mass is 392 g/mol. The van der Waals surface area contributed by atoms with E-state index in [-0.39, 0.29) is 11.8 Å². The molecule has 1 saturated heterocycles. The number of aryl methyl sites for hydroxylation is 1. The lowest BCUT2D eigenvalue weighted by Gasteiger charge is -2.41. The van der Waals surface area contributed by atoms with Crippen LogP contribution >= 0.6 is 11.3 Å². The van der Waals surface area contributed by atoms with Crippen molar-refractivity contribution in [2.75, 3.05) is 13.1 Å². The number of aromatic nitrogens is 1. The van der Waals surface area contributed by atoms with Gasteiger partial charge in [-0.15, -0.1) is 11.3 Å². The molecular formula is C23H24N2O2S. The number of likely N-dealkylation sites (tertiary alicyclic amines) is 1. The Morgan fingerprint density at radius 3 is 2.86 bits per heavy atom. The Hall–Kier alpha value is -2.24. The fraction of sp³-hybridized carbons (Fsp3) is 0.391. The van der Waals surface area contributed by atoms with Gasteiger partial charge in [-0.3, -0.25) is 4.79 Å². The lowest BCUT2D eigenvalue weighted by atomic mass is 9.67. The molecule has 2 aliphatic rings. The standard InChI is InChI=1S/C23H24N2O2S/c1-15-24-20-10-9-16(12-21(20)28-15)22(26)25-13-17-6-5-11-23(27,19(17)14-25)18-7-3-2-4-8-18/h2-4,7-10,12,17,19,27H,5-6,11,13-14H2,1H3/t17-,19+,23+/m0/s1. The van der Waals surface area contributed by atoms with Gasteiger partial charge in [0, 0.05) is 24.6 Å². The summed E-state index contributed by atoms with van der Waals surface area (Å²) in [5, 5.41) is 12.6. The third kappa shape index (κ3) is 2.85. The SMILES string of the molecule is Cc1nc2ccc(C(=O)N3C[C@@H]4CCC[C@@](O)(c5ccccc5)[C@@H]4C3)cc2s1. The van der Waals surface area contributed by atoms with Crippen molar-refractivity contribution in [1.29, 1.82) is 0 Å². The molecule has 2 aromatic carbocycles. The van der Waals surface area contributed by atoms with E-state index < -0.39 is 5.60 Å². The maximum absolute atomic E-state index is 13.2. The van der Waals surface area contributed by atoms with Crippen molar-refractivity contribution >= 4 is 27.5 Å². The Morgan fingerprint density at radius 2 is 2.04 bits per heavy atom. The Labute approximate surface area is 168 Å². The zero-order valence-corrected chi connectivity index (χ0v) is 16.8. The third-order valence-corrected chi connectivity index (χ3v) is 7.42. The number of hydrogen-bond acceptors (Lipinski definition) is 4. The van der Waals surface area contributed by atoms with E-state index >= 15 is 0 Å². The van der Waals surface area contributed by atoms with Crippen molar-refractivity contribution in [3.05, 3.63) is 64.7 Å². The number of carbonyl (C=O) groups excluding carboxylic acids is 1. The molecule has 0 spiro atoms. The van der Waals surface area contributed by atoms with Gasteiger partial charge in [-0.05, 0) is 55.9 Å². The highest BCUT2D eigenvalue weighted by molar-refractivity contribution is 7.18. The fourth-order valence-corrected chi connectivity index (χ4v) is 6.00. The first kappa shape index (κ1) is 17.8. The lowest BCUT2D eigenvalue weighted by molar-refractivity contribution is -0.0644. The summed E-state index contributed by atoms with van der Waals surface area (Å²) in [6.45, 7) is 3.34. The normalized spacial score (nSPS) is 27.1. The molecule has 1 N–H and O–H groups in total. The van der Waals surface area contributed by atoms with Crippen LogP contribution in [-0.4, -0.2) is 34.0 Å². The Kier molecular flexibility index (Phi) is 4.25. The van der Waals surface area contributed by atoms with Gasteiger partial charge in [-0.1, -0.05) is 30.3 Å². The van der Waals surface area contributed by atoms with Crippen molar-refractivity contribution in [2.45, 2.75) is 31.8 Å². The molecule has 5 heteroatoms. The number of hydrogen-bond donors (Lipinski definition) is 1. The van der Waals surface area contributed by atoms with Gasteiger partial charge < -0.3 is 10.0 Å². The largest absolute Gasteiger partial charge is 0.385 e. The van der Waals surface area contributed by atoms with Gasteiger partial charge in [0.1, 0.15) is 0 Å². The van der Waals surface area contributed by atoms with Crippen LogP contribution in [0.15, 0.2) is 48.5 Å². The van der Waals surface area contributed by atoms with E-state index in [0.717, 1.165) is 52.2 Å². The molecule has 1 saturated carbocycles. The van der Waals surface area contributed by atoms with E-state index in [1.54, 1.807) is 11.3 Å². The molecule has 28 heavy (non-hydrogen) atoms. The Balaban J connectivity index is 1.42. The number of rotatable bonds is 2. The average molecular weight is 393 g/mol. The summed E-state index contributed by atoms with van der Waals surface area (Å²) in [7, 11) is 0. The van der Waals surface area contributed by atoms with Gasteiger partial charge in [0.15, 0.2) is 0 Å². The van der Waals surface area contributed by atoms with Crippen LogP contribution < -0.4 is 0 Å². The summed E-state index contributed by atoms with van der Waals surface area (Å²) in [6, 6.07) is 15.8. The van der Waals surface area contributed by atoms with Crippen LogP contribution in [0.2, 0.25) is 0 Å². The molecule has 1 aromatic heterocycles. The zero-order chi connectivity index (χ0) is 19.3. The summed E-state index contributed by atoms with van der Waals surface area (Å²) in [6.07, 6.45) is 2.85. The third-order valence-electron chi connectivity index (χ3n) is 6.49. The molecule has 5 rings (SSSR count). The van der Waals surface area contributed by atoms with Crippen LogP contribution in [-0.2, 0) is 5.60 Å². The fourth-order valence-electron chi connectivity index (χ4n) is 5.13. The second-order valence-electron chi connectivity index (χ2n) is 8.17. The number of amides is 1. The highest BCUT2D eigenvalue weighted by Gasteiger charge is 2.50. The highest BCUT2D eigenvalue weighted by Crippen LogP contribution is 2.48. The summed E-state index contributed by atoms with van der Waals surface area (Å²) in [5.41, 5.74) is 1.82. The van der Waals surface area contributed by atoms with Gasteiger partial charge in [-0.25, -0.2) is 4.98 Å². The van der Waals surface area contributed by atoms with Crippen LogP contribution in [0, 0.1) is 18.8 Å². The lowest BCUT2D eigenvalue weighted by Crippen LogP contribution is -2.42. The number of thiazole rings is 1. The minimum atomic E-state index is -0.835. The smallest absolute Gasteiger partial charge is 0.253 e. The summed E-state index contributed by atoms with van der Waals surface area (Å²) < 4.78 is 1.06. The molecule has 4 nitrogen and oxygen atoms in total. The van der Waals surface area contributed by atoms with E-state index in [0.29, 0.717) is 12.5 Å². The van der Waals surface area contributed by atoms with E-state index in [4.69, 9.17) is 0 Å². The Morgan fingerprint density at radius 1 is 1.21 bits per heavy atom. The van der Waals surface area contributed by atoms with Crippen molar-refractivity contribution in [1.82, 2.24) is 9.88 Å².